The summed E-state index contributed by atoms with van der Waals surface area (Å²) in [5.74, 6) is 0. The van der Waals surface area contributed by atoms with Crippen LogP contribution in [0.3, 0.4) is 0 Å². The zero-order valence-corrected chi connectivity index (χ0v) is 7.09. The molecule has 0 saturated carbocycles. The Hall–Kier alpha value is -1.83. The minimum Gasteiger partial charge on any atom is -0.322 e. The molecule has 0 spiro atoms. The Kier molecular flexibility index (Phi) is 2.23. The average molecular weight is 169 g/mol. The third kappa shape index (κ3) is 1.85. The number of anilines is 1. The lowest BCUT2D eigenvalue weighted by Crippen LogP contribution is -2.05. The summed E-state index contributed by atoms with van der Waals surface area (Å²) in [6.07, 6.45) is 9.23. The van der Waals surface area contributed by atoms with Crippen molar-refractivity contribution in [3.63, 3.8) is 0 Å². The Balaban J connectivity index is 2.27. The van der Waals surface area contributed by atoms with Gasteiger partial charge in [0.15, 0.2) is 0 Å². The molecule has 1 aromatic carbocycles. The van der Waals surface area contributed by atoms with E-state index in [0.717, 1.165) is 5.69 Å². The maximum absolute atomic E-state index is 4.00. The molecule has 0 fully saturated rings. The molecule has 0 N–H and O–H groups in total. The van der Waals surface area contributed by atoms with Gasteiger partial charge in [0.05, 0.1) is 5.69 Å². The van der Waals surface area contributed by atoms with Gasteiger partial charge in [-0.3, -0.25) is 4.99 Å². The highest BCUT2D eigenvalue weighted by atomic mass is 15.1. The number of rotatable bonds is 1. The highest BCUT2D eigenvalue weighted by Crippen LogP contribution is 2.13. The van der Waals surface area contributed by atoms with Crippen molar-refractivity contribution in [3.05, 3.63) is 55.0 Å². The maximum Gasteiger partial charge on any atom is 0.0529 e. The Morgan fingerprint density at radius 2 is 2.23 bits per heavy atom. The molecule has 1 aromatic rings. The van der Waals surface area contributed by atoms with Gasteiger partial charge in [0.1, 0.15) is 0 Å². The van der Waals surface area contributed by atoms with Crippen LogP contribution in [0.2, 0.25) is 0 Å². The van der Waals surface area contributed by atoms with Crippen LogP contribution in [0.4, 0.5) is 5.69 Å². The molecule has 2 rings (SSSR count). The topological polar surface area (TPSA) is 15.6 Å². The Morgan fingerprint density at radius 1 is 1.23 bits per heavy atom. The van der Waals surface area contributed by atoms with E-state index in [1.807, 2.05) is 47.6 Å². The molecule has 0 atom stereocenters. The Morgan fingerprint density at radius 3 is 3.08 bits per heavy atom. The van der Waals surface area contributed by atoms with Crippen molar-refractivity contribution in [2.75, 3.05) is 4.90 Å². The van der Waals surface area contributed by atoms with Crippen LogP contribution in [-0.2, 0) is 0 Å². The van der Waals surface area contributed by atoms with E-state index in [1.54, 1.807) is 12.4 Å². The molecule has 1 heterocycles. The largest absolute Gasteiger partial charge is 0.322 e. The predicted octanol–water partition coefficient (Wildman–Crippen LogP) is 2.36. The number of hydrogen-bond acceptors (Lipinski definition) is 2. The highest BCUT2D eigenvalue weighted by molar-refractivity contribution is 5.73. The number of aliphatic imine (C=N–C) groups is 1. The van der Waals surface area contributed by atoms with Crippen molar-refractivity contribution in [1.82, 2.24) is 0 Å². The smallest absolute Gasteiger partial charge is 0.0529 e. The van der Waals surface area contributed by atoms with Gasteiger partial charge in [-0.15, -0.1) is 0 Å². The molecule has 0 unspecified atom stereocenters. The molecule has 0 saturated heterocycles. The molecule has 1 aliphatic rings. The molecule has 63 valence electrons. The molecule has 2 heteroatoms. The standard InChI is InChI=1S/C11H9N2/c1-2-5-11(6-3-1)13-9-4-7-12-8-10-13/h1-5,7-10H. The van der Waals surface area contributed by atoms with Crippen molar-refractivity contribution < 1.29 is 0 Å². The molecule has 1 aliphatic heterocycles. The normalized spacial score (nSPS) is 14.6. The summed E-state index contributed by atoms with van der Waals surface area (Å²) in [5.41, 5.74) is 1.01. The molecular weight excluding hydrogens is 160 g/mol. The second kappa shape index (κ2) is 3.72. The van der Waals surface area contributed by atoms with Crippen LogP contribution in [0.5, 0.6) is 0 Å². The van der Waals surface area contributed by atoms with E-state index in [-0.39, 0.29) is 0 Å². The lowest BCUT2D eigenvalue weighted by Gasteiger charge is -2.13. The second-order valence-electron chi connectivity index (χ2n) is 2.59. The van der Waals surface area contributed by atoms with E-state index in [0.29, 0.717) is 0 Å². The first-order valence-electron chi connectivity index (χ1n) is 4.08. The quantitative estimate of drug-likeness (QED) is 0.630. The fourth-order valence-electron chi connectivity index (χ4n) is 1.10. The van der Waals surface area contributed by atoms with E-state index >= 15 is 0 Å². The summed E-state index contributed by atoms with van der Waals surface area (Å²) < 4.78 is 0. The van der Waals surface area contributed by atoms with E-state index < -0.39 is 0 Å². The van der Waals surface area contributed by atoms with Crippen LogP contribution in [-0.4, -0.2) is 6.21 Å². The van der Waals surface area contributed by atoms with E-state index in [2.05, 4.69) is 11.1 Å². The molecule has 2 nitrogen and oxygen atoms in total. The van der Waals surface area contributed by atoms with E-state index in [4.69, 9.17) is 0 Å². The van der Waals surface area contributed by atoms with Crippen LogP contribution < -0.4 is 4.90 Å². The SMILES string of the molecule is [c]1ccccc1N1C=CC=NC=C1. The van der Waals surface area contributed by atoms with Gasteiger partial charge < -0.3 is 4.90 Å². The first-order valence-corrected chi connectivity index (χ1v) is 4.08. The minimum atomic E-state index is 1.01. The molecule has 0 bridgehead atoms. The molecule has 0 aliphatic carbocycles. The number of allylic oxidation sites excluding steroid dienone is 1. The summed E-state index contributed by atoms with van der Waals surface area (Å²) >= 11 is 0. The monoisotopic (exact) mass is 169 g/mol. The van der Waals surface area contributed by atoms with Gasteiger partial charge in [-0.2, -0.15) is 0 Å². The summed E-state index contributed by atoms with van der Waals surface area (Å²) in [6.45, 7) is 0. The molecule has 13 heavy (non-hydrogen) atoms. The summed E-state index contributed by atoms with van der Waals surface area (Å²) in [7, 11) is 0. The van der Waals surface area contributed by atoms with Crippen LogP contribution in [0.25, 0.3) is 0 Å². The molecule has 0 amide bonds. The van der Waals surface area contributed by atoms with Gasteiger partial charge in [-0.25, -0.2) is 0 Å². The van der Waals surface area contributed by atoms with E-state index in [9.17, 15) is 0 Å². The van der Waals surface area contributed by atoms with Crippen molar-refractivity contribution in [3.8, 4) is 0 Å². The first kappa shape index (κ1) is 7.80. The molecule has 1 radical (unpaired) electrons. The third-order valence-electron chi connectivity index (χ3n) is 1.70. The van der Waals surface area contributed by atoms with Crippen LogP contribution in [0.1, 0.15) is 0 Å². The van der Waals surface area contributed by atoms with Gasteiger partial charge in [-0.1, -0.05) is 18.2 Å². The zero-order chi connectivity index (χ0) is 8.93. The third-order valence-corrected chi connectivity index (χ3v) is 1.70. The second-order valence-corrected chi connectivity index (χ2v) is 2.59. The maximum atomic E-state index is 4.00. The average Bonchev–Trinajstić information content (AvgIpc) is 2.47. The van der Waals surface area contributed by atoms with Crippen molar-refractivity contribution >= 4 is 11.9 Å². The van der Waals surface area contributed by atoms with Crippen molar-refractivity contribution in [2.24, 2.45) is 4.99 Å². The number of benzene rings is 1. The van der Waals surface area contributed by atoms with Gasteiger partial charge in [0.25, 0.3) is 0 Å². The van der Waals surface area contributed by atoms with Crippen molar-refractivity contribution in [1.29, 1.82) is 0 Å². The van der Waals surface area contributed by atoms with Gasteiger partial charge in [0, 0.05) is 30.9 Å². The van der Waals surface area contributed by atoms with Gasteiger partial charge in [0.2, 0.25) is 0 Å². The summed E-state index contributed by atoms with van der Waals surface area (Å²) in [5, 5.41) is 0. The van der Waals surface area contributed by atoms with Gasteiger partial charge >= 0.3 is 0 Å². The fraction of sp³-hybridized carbons (Fsp3) is 0. The summed E-state index contributed by atoms with van der Waals surface area (Å²) in [4.78, 5) is 5.96. The highest BCUT2D eigenvalue weighted by Gasteiger charge is 1.97. The van der Waals surface area contributed by atoms with Crippen LogP contribution in [0.15, 0.2) is 53.9 Å². The number of para-hydroxylation sites is 1. The summed E-state index contributed by atoms with van der Waals surface area (Å²) in [6, 6.07) is 11.0. The molecular formula is C11H9N2. The van der Waals surface area contributed by atoms with Gasteiger partial charge in [-0.05, 0) is 12.1 Å². The Bertz CT molecular complexity index is 334. The Labute approximate surface area is 77.5 Å². The number of nitrogens with zero attached hydrogens (tertiary/aromatic N) is 2. The zero-order valence-electron chi connectivity index (χ0n) is 7.09. The lowest BCUT2D eigenvalue weighted by atomic mass is 10.3. The van der Waals surface area contributed by atoms with Crippen LogP contribution in [0, 0.1) is 6.07 Å². The minimum absolute atomic E-state index is 1.01. The van der Waals surface area contributed by atoms with Crippen LogP contribution >= 0.6 is 0 Å². The number of hydrogen-bond donors (Lipinski definition) is 0. The predicted molar refractivity (Wildman–Crippen MR) is 54.5 cm³/mol. The van der Waals surface area contributed by atoms with E-state index in [1.165, 1.54) is 0 Å². The fourth-order valence-corrected chi connectivity index (χ4v) is 1.10. The van der Waals surface area contributed by atoms with Crippen molar-refractivity contribution in [2.45, 2.75) is 0 Å². The lowest BCUT2D eigenvalue weighted by molar-refractivity contribution is 1.27. The molecule has 0 aromatic heterocycles. The first-order chi connectivity index (χ1) is 6.47.